The molecule has 0 bridgehead atoms. The minimum atomic E-state index is 0.0998. The highest BCUT2D eigenvalue weighted by Gasteiger charge is 2.42. The number of carbonyl (C=O) groups is 1. The van der Waals surface area contributed by atoms with E-state index in [4.69, 9.17) is 16.3 Å². The van der Waals surface area contributed by atoms with Crippen molar-refractivity contribution in [1.82, 2.24) is 9.88 Å². The molecule has 1 saturated carbocycles. The molecule has 6 heteroatoms. The van der Waals surface area contributed by atoms with Crippen LogP contribution in [0.4, 0.5) is 0 Å². The third-order valence-electron chi connectivity index (χ3n) is 5.32. The van der Waals surface area contributed by atoms with Crippen LogP contribution >= 0.6 is 11.6 Å². The molecule has 1 saturated heterocycles. The van der Waals surface area contributed by atoms with Crippen LogP contribution in [0.25, 0.3) is 0 Å². The minimum Gasteiger partial charge on any atom is -0.508 e. The molecule has 0 radical (unpaired) electrons. The highest BCUT2D eigenvalue weighted by Crippen LogP contribution is 2.39. The summed E-state index contributed by atoms with van der Waals surface area (Å²) in [7, 11) is 0. The van der Waals surface area contributed by atoms with Gasteiger partial charge in [-0.05, 0) is 48.9 Å². The second-order valence-corrected chi connectivity index (χ2v) is 7.67. The van der Waals surface area contributed by atoms with E-state index in [1.165, 1.54) is 0 Å². The molecule has 5 nitrogen and oxygen atoms in total. The summed E-state index contributed by atoms with van der Waals surface area (Å²) >= 11 is 5.96. The quantitative estimate of drug-likeness (QED) is 0.815. The molecule has 1 N–H and O–H groups in total. The lowest BCUT2D eigenvalue weighted by atomic mass is 10.0. The first-order valence-electron chi connectivity index (χ1n) is 8.88. The maximum atomic E-state index is 12.4. The molecule has 0 amide bonds. The fraction of sp³-hybridized carbons (Fsp3) is 0.400. The van der Waals surface area contributed by atoms with Crippen molar-refractivity contribution in [2.75, 3.05) is 19.6 Å². The topological polar surface area (TPSA) is 62.7 Å². The largest absolute Gasteiger partial charge is 0.508 e. The number of Topliss-reactive ketones (excluding diaryl/α,β-unsaturated/α-hetero) is 1. The van der Waals surface area contributed by atoms with Gasteiger partial charge in [-0.25, -0.2) is 0 Å². The van der Waals surface area contributed by atoms with Gasteiger partial charge < -0.3 is 9.84 Å². The third kappa shape index (κ3) is 3.84. The van der Waals surface area contributed by atoms with Crippen molar-refractivity contribution in [2.45, 2.75) is 18.9 Å². The summed E-state index contributed by atoms with van der Waals surface area (Å²) in [6.07, 6.45) is 5.49. The van der Waals surface area contributed by atoms with Gasteiger partial charge in [-0.2, -0.15) is 0 Å². The van der Waals surface area contributed by atoms with E-state index < -0.39 is 0 Å². The molecule has 2 aliphatic rings. The van der Waals surface area contributed by atoms with Crippen LogP contribution in [0.1, 0.15) is 23.2 Å². The smallest absolute Gasteiger partial charge is 0.176 e. The van der Waals surface area contributed by atoms with Gasteiger partial charge in [-0.1, -0.05) is 11.6 Å². The zero-order chi connectivity index (χ0) is 18.1. The lowest BCUT2D eigenvalue weighted by Gasteiger charge is -2.19. The van der Waals surface area contributed by atoms with Crippen molar-refractivity contribution >= 4 is 17.4 Å². The van der Waals surface area contributed by atoms with Gasteiger partial charge >= 0.3 is 0 Å². The zero-order valence-electron chi connectivity index (χ0n) is 14.3. The predicted octanol–water partition coefficient (Wildman–Crippen LogP) is 3.41. The van der Waals surface area contributed by atoms with E-state index in [-0.39, 0.29) is 17.6 Å². The molecular formula is C20H21ClN2O3. The van der Waals surface area contributed by atoms with Crippen molar-refractivity contribution in [3.05, 3.63) is 53.3 Å². The Morgan fingerprint density at radius 3 is 2.54 bits per heavy atom. The van der Waals surface area contributed by atoms with Crippen LogP contribution in [0.5, 0.6) is 11.5 Å². The van der Waals surface area contributed by atoms with Crippen LogP contribution < -0.4 is 4.74 Å². The number of rotatable bonds is 5. The Bertz CT molecular complexity index is 782. The van der Waals surface area contributed by atoms with Crippen LogP contribution in [0.3, 0.4) is 0 Å². The maximum absolute atomic E-state index is 12.4. The summed E-state index contributed by atoms with van der Waals surface area (Å²) in [6.45, 7) is 2.30. The predicted molar refractivity (Wildman–Crippen MR) is 98.8 cm³/mol. The Morgan fingerprint density at radius 2 is 1.88 bits per heavy atom. The fourth-order valence-corrected chi connectivity index (χ4v) is 4.32. The zero-order valence-corrected chi connectivity index (χ0v) is 15.1. The monoisotopic (exact) mass is 372 g/mol. The number of ketones is 1. The van der Waals surface area contributed by atoms with Gasteiger partial charge in [0.1, 0.15) is 11.5 Å². The Kier molecular flexibility index (Phi) is 4.83. The van der Waals surface area contributed by atoms with Gasteiger partial charge in [-0.15, -0.1) is 0 Å². The molecule has 1 aliphatic heterocycles. The third-order valence-corrected chi connectivity index (χ3v) is 5.53. The Labute approximate surface area is 157 Å². The molecule has 3 atom stereocenters. The number of nitrogens with zero attached hydrogens (tertiary/aromatic N) is 2. The Morgan fingerprint density at radius 1 is 1.19 bits per heavy atom. The first-order valence-corrected chi connectivity index (χ1v) is 9.26. The van der Waals surface area contributed by atoms with Gasteiger partial charge in [0.2, 0.25) is 0 Å². The maximum Gasteiger partial charge on any atom is 0.176 e. The second kappa shape index (κ2) is 7.25. The van der Waals surface area contributed by atoms with Crippen LogP contribution in [0, 0.1) is 11.8 Å². The van der Waals surface area contributed by atoms with Gasteiger partial charge in [0.25, 0.3) is 0 Å². The van der Waals surface area contributed by atoms with Crippen molar-refractivity contribution in [2.24, 2.45) is 11.8 Å². The van der Waals surface area contributed by atoms with E-state index in [1.54, 1.807) is 42.7 Å². The fourth-order valence-electron chi connectivity index (χ4n) is 4.16. The standard InChI is InChI=1S/C20H21ClN2O3/c21-16-7-19(9-22-8-16)26-18-5-14-10-23(11-15(14)6-18)12-20(25)13-1-3-17(24)4-2-13/h1-4,7-9,14-15,18,24H,5-6,10-12H2/t14-,15?,18?/m0/s1. The molecule has 0 spiro atoms. The number of aromatic nitrogens is 1. The molecular weight excluding hydrogens is 352 g/mol. The van der Waals surface area contributed by atoms with Gasteiger partial charge in [0, 0.05) is 30.9 Å². The van der Waals surface area contributed by atoms with Crippen molar-refractivity contribution in [3.63, 3.8) is 0 Å². The number of phenolic OH excluding ortho intramolecular Hbond substituents is 1. The molecule has 1 aromatic heterocycles. The molecule has 26 heavy (non-hydrogen) atoms. The molecule has 2 unspecified atom stereocenters. The van der Waals surface area contributed by atoms with Gasteiger partial charge in [0.15, 0.2) is 5.78 Å². The van der Waals surface area contributed by atoms with Crippen LogP contribution in [0.15, 0.2) is 42.7 Å². The van der Waals surface area contributed by atoms with Crippen molar-refractivity contribution in [1.29, 1.82) is 0 Å². The number of hydrogen-bond donors (Lipinski definition) is 1. The Balaban J connectivity index is 1.29. The van der Waals surface area contributed by atoms with E-state index >= 15 is 0 Å². The molecule has 2 aromatic rings. The molecule has 2 heterocycles. The number of aromatic hydroxyl groups is 1. The molecule has 136 valence electrons. The van der Waals surface area contributed by atoms with E-state index in [0.717, 1.165) is 31.7 Å². The average Bonchev–Trinajstić information content (AvgIpc) is 3.13. The normalized spacial score (nSPS) is 25.2. The summed E-state index contributed by atoms with van der Waals surface area (Å²) in [6, 6.07) is 8.26. The van der Waals surface area contributed by atoms with E-state index in [0.29, 0.717) is 29.0 Å². The van der Waals surface area contributed by atoms with Crippen LogP contribution in [-0.2, 0) is 0 Å². The number of hydrogen-bond acceptors (Lipinski definition) is 5. The van der Waals surface area contributed by atoms with E-state index in [2.05, 4.69) is 9.88 Å². The summed E-state index contributed by atoms with van der Waals surface area (Å²) in [4.78, 5) is 18.7. The van der Waals surface area contributed by atoms with Crippen molar-refractivity contribution in [3.8, 4) is 11.5 Å². The number of carbonyl (C=O) groups excluding carboxylic acids is 1. The van der Waals surface area contributed by atoms with Gasteiger partial charge in [-0.3, -0.25) is 14.7 Å². The van der Waals surface area contributed by atoms with Crippen molar-refractivity contribution < 1.29 is 14.6 Å². The molecule has 4 rings (SSSR count). The minimum absolute atomic E-state index is 0.0998. The number of likely N-dealkylation sites (tertiary alicyclic amines) is 1. The van der Waals surface area contributed by atoms with Gasteiger partial charge in [0.05, 0.1) is 23.9 Å². The first-order chi connectivity index (χ1) is 12.6. The first kappa shape index (κ1) is 17.3. The number of benzene rings is 1. The number of phenols is 1. The average molecular weight is 373 g/mol. The lowest BCUT2D eigenvalue weighted by Crippen LogP contribution is -2.30. The highest BCUT2D eigenvalue weighted by molar-refractivity contribution is 6.30. The number of halogens is 1. The molecule has 2 fully saturated rings. The summed E-state index contributed by atoms with van der Waals surface area (Å²) in [5.41, 5.74) is 0.648. The number of fused-ring (bicyclic) bond motifs is 1. The SMILES string of the molecule is O=C(CN1CC2CC(Oc3cncc(Cl)c3)C[C@H]2C1)c1ccc(O)cc1. The Hall–Kier alpha value is -2.11. The summed E-state index contributed by atoms with van der Waals surface area (Å²) in [5, 5.41) is 9.92. The van der Waals surface area contributed by atoms with E-state index in [1.807, 2.05) is 0 Å². The van der Waals surface area contributed by atoms with Crippen LogP contribution in [0.2, 0.25) is 5.02 Å². The second-order valence-electron chi connectivity index (χ2n) is 7.23. The molecule has 1 aromatic carbocycles. The number of ether oxygens (including phenoxy) is 1. The lowest BCUT2D eigenvalue weighted by molar-refractivity contribution is 0.0936. The highest BCUT2D eigenvalue weighted by atomic mass is 35.5. The van der Waals surface area contributed by atoms with E-state index in [9.17, 15) is 9.90 Å². The summed E-state index contributed by atoms with van der Waals surface area (Å²) < 4.78 is 6.03. The number of pyridine rings is 1. The van der Waals surface area contributed by atoms with Crippen LogP contribution in [-0.4, -0.2) is 46.5 Å². The summed E-state index contributed by atoms with van der Waals surface area (Å²) in [5.74, 6) is 2.14. The molecule has 1 aliphatic carbocycles.